The molecule has 3 aromatic rings. The van der Waals surface area contributed by atoms with E-state index < -0.39 is 11.0 Å². The molecule has 0 saturated carbocycles. The number of rotatable bonds is 9. The van der Waals surface area contributed by atoms with E-state index in [0.29, 0.717) is 43.2 Å². The number of aromatic nitrogens is 3. The maximum Gasteiger partial charge on any atom is 0.242 e. The van der Waals surface area contributed by atoms with Crippen molar-refractivity contribution < 1.29 is 18.4 Å². The van der Waals surface area contributed by atoms with E-state index in [1.54, 1.807) is 18.6 Å². The highest BCUT2D eigenvalue weighted by Gasteiger charge is 2.24. The number of morpholine rings is 1. The van der Waals surface area contributed by atoms with Gasteiger partial charge in [-0.15, -0.1) is 0 Å². The largest absolute Gasteiger partial charge is 0.492 e. The molecule has 2 atom stereocenters. The van der Waals surface area contributed by atoms with E-state index >= 15 is 0 Å². The van der Waals surface area contributed by atoms with Crippen LogP contribution in [0.2, 0.25) is 0 Å². The van der Waals surface area contributed by atoms with Crippen molar-refractivity contribution in [3.63, 3.8) is 0 Å². The third-order valence-corrected chi connectivity index (χ3v) is 6.29. The van der Waals surface area contributed by atoms with Gasteiger partial charge in [0, 0.05) is 43.8 Å². The van der Waals surface area contributed by atoms with Crippen molar-refractivity contribution in [1.82, 2.24) is 24.2 Å². The summed E-state index contributed by atoms with van der Waals surface area (Å²) in [6.45, 7) is 3.42. The van der Waals surface area contributed by atoms with Gasteiger partial charge < -0.3 is 19.1 Å². The average molecular weight is 472 g/mol. The van der Waals surface area contributed by atoms with Gasteiger partial charge in [0.05, 0.1) is 28.8 Å². The van der Waals surface area contributed by atoms with Gasteiger partial charge in [0.25, 0.3) is 0 Å². The van der Waals surface area contributed by atoms with E-state index in [1.165, 1.54) is 0 Å². The van der Waals surface area contributed by atoms with Gasteiger partial charge in [0.2, 0.25) is 5.88 Å². The molecule has 3 heterocycles. The lowest BCUT2D eigenvalue weighted by Crippen LogP contribution is -2.45. The van der Waals surface area contributed by atoms with Crippen molar-refractivity contribution in [2.45, 2.75) is 6.10 Å². The summed E-state index contributed by atoms with van der Waals surface area (Å²) in [6, 6.07) is 9.71. The molecule has 4 rings (SSSR count). The topological polar surface area (TPSA) is 89.9 Å². The summed E-state index contributed by atoms with van der Waals surface area (Å²) >= 11 is 0. The molecule has 0 N–H and O–H groups in total. The Morgan fingerprint density at radius 1 is 1.21 bits per heavy atom. The van der Waals surface area contributed by atoms with Crippen LogP contribution in [0.25, 0.3) is 22.3 Å². The minimum atomic E-state index is -1.03. The highest BCUT2D eigenvalue weighted by Crippen LogP contribution is 2.29. The molecule has 176 valence electrons. The molecule has 9 nitrogen and oxygen atoms in total. The van der Waals surface area contributed by atoms with Crippen molar-refractivity contribution in [2.24, 2.45) is 0 Å². The second-order valence-corrected chi connectivity index (χ2v) is 9.40. The molecular formula is C23H29N5O4S. The SMILES string of the molecule is CN(C)CCOc1cccc(-c2cc3nccnc3c(OC[C@@H]3CN(S(C)=O)CCO3)n2)c1. The fraction of sp³-hybridized carbons (Fsp3) is 0.435. The van der Waals surface area contributed by atoms with E-state index in [2.05, 4.69) is 14.9 Å². The number of fused-ring (bicyclic) bond motifs is 1. The standard InChI is InChI=1S/C23H29N5O4S/c1-27(2)9-11-30-18-6-4-5-17(13-18)20-14-21-22(25-8-7-24-21)23(26-20)32-16-19-15-28(33(3)29)10-12-31-19/h4-8,13-14,19H,9-12,15-16H2,1-3H3/t19-,33?/m0/s1. The summed E-state index contributed by atoms with van der Waals surface area (Å²) in [7, 11) is 2.99. The third-order valence-electron chi connectivity index (χ3n) is 5.23. The van der Waals surface area contributed by atoms with Crippen LogP contribution in [0.1, 0.15) is 0 Å². The van der Waals surface area contributed by atoms with Crippen molar-refractivity contribution in [3.8, 4) is 22.9 Å². The monoisotopic (exact) mass is 471 g/mol. The summed E-state index contributed by atoms with van der Waals surface area (Å²) in [5, 5.41) is 0. The lowest BCUT2D eigenvalue weighted by Gasteiger charge is -2.30. The molecule has 10 heteroatoms. The molecule has 1 fully saturated rings. The zero-order valence-electron chi connectivity index (χ0n) is 19.1. The Labute approximate surface area is 196 Å². The van der Waals surface area contributed by atoms with E-state index in [0.717, 1.165) is 23.6 Å². The van der Waals surface area contributed by atoms with Gasteiger partial charge in [-0.2, -0.15) is 0 Å². The van der Waals surface area contributed by atoms with Crippen LogP contribution in [0.4, 0.5) is 0 Å². The molecule has 1 unspecified atom stereocenters. The molecule has 0 bridgehead atoms. The minimum absolute atomic E-state index is 0.201. The van der Waals surface area contributed by atoms with Crippen molar-refractivity contribution in [1.29, 1.82) is 0 Å². The third kappa shape index (κ3) is 6.23. The van der Waals surface area contributed by atoms with Gasteiger partial charge in [0.15, 0.2) is 5.52 Å². The molecule has 2 aromatic heterocycles. The van der Waals surface area contributed by atoms with Gasteiger partial charge in [-0.3, -0.25) is 4.98 Å². The van der Waals surface area contributed by atoms with Gasteiger partial charge >= 0.3 is 0 Å². The molecule has 1 aliphatic heterocycles. The molecular weight excluding hydrogens is 442 g/mol. The van der Waals surface area contributed by atoms with Crippen LogP contribution in [-0.4, -0.2) is 94.3 Å². The van der Waals surface area contributed by atoms with Crippen LogP contribution >= 0.6 is 0 Å². The minimum Gasteiger partial charge on any atom is -0.492 e. The summed E-state index contributed by atoms with van der Waals surface area (Å²) in [4.78, 5) is 15.7. The molecule has 1 saturated heterocycles. The molecule has 0 radical (unpaired) electrons. The number of nitrogens with zero attached hydrogens (tertiary/aromatic N) is 5. The first kappa shape index (κ1) is 23.5. The van der Waals surface area contributed by atoms with Crippen LogP contribution in [0, 0.1) is 0 Å². The van der Waals surface area contributed by atoms with Crippen LogP contribution in [0.15, 0.2) is 42.7 Å². The Hall–Kier alpha value is -2.66. The number of hydrogen-bond donors (Lipinski definition) is 0. The van der Waals surface area contributed by atoms with E-state index in [9.17, 15) is 4.21 Å². The maximum absolute atomic E-state index is 11.8. The molecule has 0 amide bonds. The predicted molar refractivity (Wildman–Crippen MR) is 128 cm³/mol. The fourth-order valence-corrected chi connectivity index (χ4v) is 4.19. The van der Waals surface area contributed by atoms with Gasteiger partial charge in [-0.05, 0) is 32.3 Å². The van der Waals surface area contributed by atoms with Gasteiger partial charge in [-0.1, -0.05) is 12.1 Å². The Bertz CT molecular complexity index is 1110. The number of hydrogen-bond acceptors (Lipinski definition) is 8. The summed E-state index contributed by atoms with van der Waals surface area (Å²) in [5.41, 5.74) is 2.90. The summed E-state index contributed by atoms with van der Waals surface area (Å²) in [5.74, 6) is 1.17. The second-order valence-electron chi connectivity index (χ2n) is 8.03. The molecule has 0 spiro atoms. The van der Waals surface area contributed by atoms with Gasteiger partial charge in [0.1, 0.15) is 25.1 Å². The number of benzene rings is 1. The van der Waals surface area contributed by atoms with Crippen molar-refractivity contribution >= 4 is 22.0 Å². The van der Waals surface area contributed by atoms with E-state index in [-0.39, 0.29) is 12.7 Å². The zero-order valence-corrected chi connectivity index (χ0v) is 20.0. The zero-order chi connectivity index (χ0) is 23.2. The first-order chi connectivity index (χ1) is 16.0. The lowest BCUT2D eigenvalue weighted by molar-refractivity contribution is -0.0240. The van der Waals surface area contributed by atoms with E-state index in [1.807, 2.05) is 48.7 Å². The summed E-state index contributed by atoms with van der Waals surface area (Å²) < 4.78 is 31.4. The Balaban J connectivity index is 1.55. The molecule has 33 heavy (non-hydrogen) atoms. The molecule has 1 aliphatic rings. The maximum atomic E-state index is 11.8. The van der Waals surface area contributed by atoms with Crippen LogP contribution in [0.5, 0.6) is 11.6 Å². The highest BCUT2D eigenvalue weighted by molar-refractivity contribution is 7.81. The van der Waals surface area contributed by atoms with Crippen molar-refractivity contribution in [2.75, 3.05) is 59.8 Å². The normalized spacial score (nSPS) is 17.9. The van der Waals surface area contributed by atoms with Crippen LogP contribution in [-0.2, 0) is 15.7 Å². The average Bonchev–Trinajstić information content (AvgIpc) is 2.82. The van der Waals surface area contributed by atoms with E-state index in [4.69, 9.17) is 19.2 Å². The Morgan fingerprint density at radius 3 is 2.88 bits per heavy atom. The summed E-state index contributed by atoms with van der Waals surface area (Å²) in [6.07, 6.45) is 4.74. The molecule has 0 aliphatic carbocycles. The number of likely N-dealkylation sites (N-methyl/N-ethyl adjacent to an activating group) is 1. The smallest absolute Gasteiger partial charge is 0.242 e. The second kappa shape index (κ2) is 11.0. The molecule has 1 aromatic carbocycles. The van der Waals surface area contributed by atoms with Gasteiger partial charge in [-0.25, -0.2) is 18.5 Å². The predicted octanol–water partition coefficient (Wildman–Crippen LogP) is 2.01. The van der Waals surface area contributed by atoms with Crippen LogP contribution in [0.3, 0.4) is 0 Å². The quantitative estimate of drug-likeness (QED) is 0.468. The van der Waals surface area contributed by atoms with Crippen LogP contribution < -0.4 is 9.47 Å². The van der Waals surface area contributed by atoms with Crippen molar-refractivity contribution in [3.05, 3.63) is 42.7 Å². The highest BCUT2D eigenvalue weighted by atomic mass is 32.2. The Morgan fingerprint density at radius 2 is 2.06 bits per heavy atom. The number of pyridine rings is 1. The first-order valence-corrected chi connectivity index (χ1v) is 12.3. The number of ether oxygens (including phenoxy) is 3. The Kier molecular flexibility index (Phi) is 7.81. The lowest BCUT2D eigenvalue weighted by atomic mass is 10.1. The first-order valence-electron chi connectivity index (χ1n) is 10.8. The fourth-order valence-electron chi connectivity index (χ4n) is 3.48.